The first-order valence-corrected chi connectivity index (χ1v) is 4.52. The van der Waals surface area contributed by atoms with E-state index in [9.17, 15) is 10.1 Å². The molecule has 1 aromatic rings. The smallest absolute Gasteiger partial charge is 0.271 e. The molecule has 15 heavy (non-hydrogen) atoms. The first kappa shape index (κ1) is 9.51. The van der Waals surface area contributed by atoms with Gasteiger partial charge in [0.05, 0.1) is 17.2 Å². The van der Waals surface area contributed by atoms with Gasteiger partial charge in [0, 0.05) is 12.1 Å². The van der Waals surface area contributed by atoms with E-state index in [0.717, 1.165) is 0 Å². The third kappa shape index (κ3) is 1.76. The van der Waals surface area contributed by atoms with Crippen molar-refractivity contribution in [3.63, 3.8) is 0 Å². The van der Waals surface area contributed by atoms with Crippen LogP contribution in [0.15, 0.2) is 30.9 Å². The lowest BCUT2D eigenvalue weighted by Gasteiger charge is -2.24. The number of rotatable bonds is 2. The molecule has 78 valence electrons. The van der Waals surface area contributed by atoms with Gasteiger partial charge in [-0.25, -0.2) is 0 Å². The normalized spacial score (nSPS) is 18.3. The van der Waals surface area contributed by atoms with Crippen molar-refractivity contribution < 1.29 is 9.66 Å². The fourth-order valence-electron chi connectivity index (χ4n) is 1.42. The number of non-ortho nitro benzene ring substituents is 1. The summed E-state index contributed by atoms with van der Waals surface area (Å²) in [7, 11) is 0. The first-order chi connectivity index (χ1) is 7.20. The largest absolute Gasteiger partial charge is 0.482 e. The summed E-state index contributed by atoms with van der Waals surface area (Å²) in [4.78, 5) is 10.1. The molecule has 0 saturated heterocycles. The average molecular weight is 206 g/mol. The highest BCUT2D eigenvalue weighted by Gasteiger charge is 2.19. The van der Waals surface area contributed by atoms with E-state index in [1.54, 1.807) is 12.1 Å². The summed E-state index contributed by atoms with van der Waals surface area (Å²) in [6.45, 7) is 4.21. The van der Waals surface area contributed by atoms with Gasteiger partial charge in [0.2, 0.25) is 0 Å². The van der Waals surface area contributed by atoms with Gasteiger partial charge >= 0.3 is 0 Å². The molecule has 1 atom stereocenters. The highest BCUT2D eigenvalue weighted by molar-refractivity contribution is 5.62. The maximum absolute atomic E-state index is 10.5. The lowest BCUT2D eigenvalue weighted by Crippen LogP contribution is -2.28. The van der Waals surface area contributed by atoms with Gasteiger partial charge in [-0.2, -0.15) is 0 Å². The predicted molar refractivity (Wildman–Crippen MR) is 56.2 cm³/mol. The molecule has 0 fully saturated rings. The highest BCUT2D eigenvalue weighted by Crippen LogP contribution is 2.32. The Hall–Kier alpha value is -2.04. The number of anilines is 1. The van der Waals surface area contributed by atoms with Crippen LogP contribution < -0.4 is 10.1 Å². The van der Waals surface area contributed by atoms with Crippen molar-refractivity contribution in [3.05, 3.63) is 41.0 Å². The van der Waals surface area contributed by atoms with Gasteiger partial charge in [-0.15, -0.1) is 0 Å². The molecule has 1 aliphatic rings. The standard InChI is InChI=1S/C10H10N2O3/c1-2-8-6-11-9-5-7(12(13)14)3-4-10(9)15-8/h2-5,8,11H,1,6H2. The summed E-state index contributed by atoms with van der Waals surface area (Å²) < 4.78 is 5.51. The number of nitrogens with one attached hydrogen (secondary N) is 1. The number of hydrogen-bond acceptors (Lipinski definition) is 4. The van der Waals surface area contributed by atoms with Crippen LogP contribution in [0, 0.1) is 10.1 Å². The van der Waals surface area contributed by atoms with Crippen LogP contribution in [0.4, 0.5) is 11.4 Å². The molecule has 1 N–H and O–H groups in total. The van der Waals surface area contributed by atoms with Crippen molar-refractivity contribution in [2.45, 2.75) is 6.10 Å². The number of fused-ring (bicyclic) bond motifs is 1. The van der Waals surface area contributed by atoms with Crippen LogP contribution in [0.2, 0.25) is 0 Å². The average Bonchev–Trinajstić information content (AvgIpc) is 2.27. The SMILES string of the molecule is C=CC1CNc2cc([N+](=O)[O-])ccc2O1. The van der Waals surface area contributed by atoms with E-state index >= 15 is 0 Å². The molecule has 0 aromatic heterocycles. The molecule has 0 radical (unpaired) electrons. The third-order valence-electron chi connectivity index (χ3n) is 2.21. The second-order valence-electron chi connectivity index (χ2n) is 3.21. The summed E-state index contributed by atoms with van der Waals surface area (Å²) in [5, 5.41) is 13.6. The molecule has 5 nitrogen and oxygen atoms in total. The maximum Gasteiger partial charge on any atom is 0.271 e. The molecule has 1 aliphatic heterocycles. The number of hydrogen-bond donors (Lipinski definition) is 1. The molecular weight excluding hydrogens is 196 g/mol. The van der Waals surface area contributed by atoms with E-state index in [0.29, 0.717) is 18.0 Å². The van der Waals surface area contributed by atoms with Crippen molar-refractivity contribution >= 4 is 11.4 Å². The monoisotopic (exact) mass is 206 g/mol. The van der Waals surface area contributed by atoms with E-state index in [2.05, 4.69) is 11.9 Å². The highest BCUT2D eigenvalue weighted by atomic mass is 16.6. The van der Waals surface area contributed by atoms with Crippen molar-refractivity contribution in [2.75, 3.05) is 11.9 Å². The van der Waals surface area contributed by atoms with Crippen LogP contribution in [0.5, 0.6) is 5.75 Å². The second kappa shape index (κ2) is 3.61. The Kier molecular flexibility index (Phi) is 2.29. The Morgan fingerprint density at radius 2 is 2.47 bits per heavy atom. The van der Waals surface area contributed by atoms with Gasteiger partial charge in [-0.3, -0.25) is 10.1 Å². The Bertz CT molecular complexity index is 417. The maximum atomic E-state index is 10.5. The quantitative estimate of drug-likeness (QED) is 0.456. The number of benzene rings is 1. The fourth-order valence-corrected chi connectivity index (χ4v) is 1.42. The van der Waals surface area contributed by atoms with E-state index in [-0.39, 0.29) is 11.8 Å². The van der Waals surface area contributed by atoms with Gasteiger partial charge in [0.25, 0.3) is 5.69 Å². The molecule has 1 heterocycles. The first-order valence-electron chi connectivity index (χ1n) is 4.52. The predicted octanol–water partition coefficient (Wildman–Crippen LogP) is 1.95. The minimum absolute atomic E-state index is 0.0573. The zero-order chi connectivity index (χ0) is 10.8. The van der Waals surface area contributed by atoms with Crippen molar-refractivity contribution in [1.82, 2.24) is 0 Å². The van der Waals surface area contributed by atoms with Crippen LogP contribution in [0.1, 0.15) is 0 Å². The second-order valence-corrected chi connectivity index (χ2v) is 3.21. The van der Waals surface area contributed by atoms with Crippen LogP contribution in [-0.2, 0) is 0 Å². The van der Waals surface area contributed by atoms with E-state index in [1.165, 1.54) is 12.1 Å². The molecule has 0 saturated carbocycles. The molecule has 0 bridgehead atoms. The lowest BCUT2D eigenvalue weighted by molar-refractivity contribution is -0.384. The van der Waals surface area contributed by atoms with Crippen LogP contribution in [-0.4, -0.2) is 17.6 Å². The van der Waals surface area contributed by atoms with E-state index < -0.39 is 4.92 Å². The number of nitro benzene ring substituents is 1. The van der Waals surface area contributed by atoms with Gasteiger partial charge in [0.15, 0.2) is 0 Å². The van der Waals surface area contributed by atoms with Crippen molar-refractivity contribution in [1.29, 1.82) is 0 Å². The van der Waals surface area contributed by atoms with Gasteiger partial charge in [-0.1, -0.05) is 6.58 Å². The minimum atomic E-state index is -0.429. The zero-order valence-corrected chi connectivity index (χ0v) is 7.97. The van der Waals surface area contributed by atoms with Crippen molar-refractivity contribution in [3.8, 4) is 5.75 Å². The van der Waals surface area contributed by atoms with Gasteiger partial charge in [0.1, 0.15) is 11.9 Å². The molecule has 5 heteroatoms. The number of nitro groups is 1. The van der Waals surface area contributed by atoms with Crippen LogP contribution in [0.3, 0.4) is 0 Å². The summed E-state index contributed by atoms with van der Waals surface area (Å²) >= 11 is 0. The summed E-state index contributed by atoms with van der Waals surface area (Å²) in [6, 6.07) is 4.48. The topological polar surface area (TPSA) is 64.4 Å². The van der Waals surface area contributed by atoms with Gasteiger partial charge in [-0.05, 0) is 12.1 Å². The Labute approximate surface area is 86.5 Å². The lowest BCUT2D eigenvalue weighted by atomic mass is 10.2. The Morgan fingerprint density at radius 3 is 3.13 bits per heavy atom. The van der Waals surface area contributed by atoms with Gasteiger partial charge < -0.3 is 10.1 Å². The summed E-state index contributed by atoms with van der Waals surface area (Å²) in [6.07, 6.45) is 1.61. The van der Waals surface area contributed by atoms with E-state index in [4.69, 9.17) is 4.74 Å². The molecule has 2 rings (SSSR count). The Balaban J connectivity index is 2.32. The van der Waals surface area contributed by atoms with Crippen LogP contribution >= 0.6 is 0 Å². The third-order valence-corrected chi connectivity index (χ3v) is 2.21. The van der Waals surface area contributed by atoms with Crippen LogP contribution in [0.25, 0.3) is 0 Å². The summed E-state index contributed by atoms with van der Waals surface area (Å²) in [5.74, 6) is 0.622. The summed E-state index contributed by atoms with van der Waals surface area (Å²) in [5.41, 5.74) is 0.712. The molecule has 0 spiro atoms. The Morgan fingerprint density at radius 1 is 1.67 bits per heavy atom. The number of nitrogens with zero attached hydrogens (tertiary/aromatic N) is 1. The molecule has 0 aliphatic carbocycles. The van der Waals surface area contributed by atoms with E-state index in [1.807, 2.05) is 0 Å². The van der Waals surface area contributed by atoms with Crippen molar-refractivity contribution in [2.24, 2.45) is 0 Å². The molecule has 1 aromatic carbocycles. The zero-order valence-electron chi connectivity index (χ0n) is 7.97. The molecule has 1 unspecified atom stereocenters. The minimum Gasteiger partial charge on any atom is -0.482 e. The molecule has 0 amide bonds. The fraction of sp³-hybridized carbons (Fsp3) is 0.200. The molecular formula is C10H10N2O3. The number of ether oxygens (including phenoxy) is 1.